The lowest BCUT2D eigenvalue weighted by Crippen LogP contribution is -2.42. The molecule has 3 N–H and O–H groups in total. The number of carbonyl (C=O) groups excluding carboxylic acids is 1. The summed E-state index contributed by atoms with van der Waals surface area (Å²) in [5.74, 6) is -0.331. The van der Waals surface area contributed by atoms with Crippen molar-refractivity contribution in [3.63, 3.8) is 0 Å². The second-order valence-electron chi connectivity index (χ2n) is 7.26. The van der Waals surface area contributed by atoms with E-state index >= 15 is 0 Å². The topological polar surface area (TPSA) is 101 Å². The van der Waals surface area contributed by atoms with Crippen LogP contribution in [0.5, 0.6) is 0 Å². The van der Waals surface area contributed by atoms with Gasteiger partial charge in [-0.2, -0.15) is 0 Å². The van der Waals surface area contributed by atoms with Gasteiger partial charge in [-0.05, 0) is 29.0 Å². The van der Waals surface area contributed by atoms with Gasteiger partial charge >= 0.3 is 5.69 Å². The molecule has 0 aliphatic heterocycles. The Balaban J connectivity index is 2.04. The molecule has 1 amide bonds. The van der Waals surface area contributed by atoms with Crippen LogP contribution in [0.2, 0.25) is 0 Å². The van der Waals surface area contributed by atoms with Crippen LogP contribution in [0.15, 0.2) is 63.5 Å². The van der Waals surface area contributed by atoms with Crippen LogP contribution < -0.4 is 21.9 Å². The number of nitrogens with two attached hydrogens (primary N) is 1. The third kappa shape index (κ3) is 4.96. The number of nitrogens with zero attached hydrogens (tertiary/aromatic N) is 2. The summed E-state index contributed by atoms with van der Waals surface area (Å²) in [5, 5.41) is 1.91. The Morgan fingerprint density at radius 2 is 1.93 bits per heavy atom. The van der Waals surface area contributed by atoms with Crippen molar-refractivity contribution in [1.82, 2.24) is 9.55 Å². The Labute approximate surface area is 178 Å². The number of aromatic nitrogens is 2. The van der Waals surface area contributed by atoms with Crippen molar-refractivity contribution in [1.29, 1.82) is 0 Å². The van der Waals surface area contributed by atoms with E-state index in [0.29, 0.717) is 0 Å². The largest absolute Gasteiger partial charge is 0.383 e. The number of amides is 1. The number of nitrogen functional groups attached to an aromatic ring is 1. The van der Waals surface area contributed by atoms with Crippen molar-refractivity contribution >= 4 is 34.8 Å². The fourth-order valence-electron chi connectivity index (χ4n) is 3.05. The first-order chi connectivity index (χ1) is 14.4. The number of hydrogen-bond donors (Lipinski definition) is 2. The number of thiophene rings is 1. The minimum absolute atomic E-state index is 0.0138. The minimum atomic E-state index is -0.680. The Kier molecular flexibility index (Phi) is 6.68. The Bertz CT molecular complexity index is 1150. The smallest absolute Gasteiger partial charge is 0.330 e. The maximum Gasteiger partial charge on any atom is 0.330 e. The summed E-state index contributed by atoms with van der Waals surface area (Å²) in [4.78, 5) is 42.6. The molecule has 8 heteroatoms. The molecule has 0 bridgehead atoms. The lowest BCUT2D eigenvalue weighted by molar-refractivity contribution is -0.114. The molecule has 0 aliphatic rings. The van der Waals surface area contributed by atoms with E-state index in [4.69, 9.17) is 5.73 Å². The van der Waals surface area contributed by atoms with Crippen molar-refractivity contribution in [2.75, 3.05) is 17.2 Å². The fourth-order valence-corrected chi connectivity index (χ4v) is 3.67. The van der Waals surface area contributed by atoms with Gasteiger partial charge < -0.3 is 10.6 Å². The van der Waals surface area contributed by atoms with E-state index in [0.717, 1.165) is 10.4 Å². The summed E-state index contributed by atoms with van der Waals surface area (Å²) in [5.41, 5.74) is 5.81. The Hall–Kier alpha value is -3.39. The van der Waals surface area contributed by atoms with Gasteiger partial charge in [0.1, 0.15) is 5.82 Å². The van der Waals surface area contributed by atoms with Gasteiger partial charge in [0, 0.05) is 17.5 Å². The van der Waals surface area contributed by atoms with Crippen LogP contribution in [-0.4, -0.2) is 22.0 Å². The number of rotatable bonds is 7. The lowest BCUT2D eigenvalue weighted by atomic mass is 10.2. The zero-order valence-corrected chi connectivity index (χ0v) is 17.7. The molecule has 0 aliphatic carbocycles. The predicted molar refractivity (Wildman–Crippen MR) is 122 cm³/mol. The standard InChI is InChI=1S/C22H24N4O3S/c1-15(2)13-25(18(27)11-10-17-9-6-12-30-17)19-20(23)26(22(29)24-21(19)28)14-16-7-4-3-5-8-16/h3-12,15H,13-14,23H2,1-2H3,(H,24,28,29). The number of carbonyl (C=O) groups is 1. The molecule has 0 atom stereocenters. The third-order valence-electron chi connectivity index (χ3n) is 4.41. The molecule has 0 fully saturated rings. The van der Waals surface area contributed by atoms with Gasteiger partial charge in [0.15, 0.2) is 5.69 Å². The third-order valence-corrected chi connectivity index (χ3v) is 5.25. The van der Waals surface area contributed by atoms with Crippen LogP contribution in [0.4, 0.5) is 11.5 Å². The van der Waals surface area contributed by atoms with Crippen molar-refractivity contribution in [3.8, 4) is 0 Å². The molecule has 3 rings (SSSR count). The molecule has 1 aromatic carbocycles. The second-order valence-corrected chi connectivity index (χ2v) is 8.24. The van der Waals surface area contributed by atoms with Crippen LogP contribution in [0, 0.1) is 5.92 Å². The minimum Gasteiger partial charge on any atom is -0.383 e. The molecular weight excluding hydrogens is 400 g/mol. The van der Waals surface area contributed by atoms with Gasteiger partial charge in [-0.25, -0.2) is 4.79 Å². The average molecular weight is 425 g/mol. The highest BCUT2D eigenvalue weighted by molar-refractivity contribution is 7.10. The molecule has 3 aromatic rings. The van der Waals surface area contributed by atoms with Crippen LogP contribution in [-0.2, 0) is 11.3 Å². The SMILES string of the molecule is CC(C)CN(C(=O)C=Cc1cccs1)c1c(N)n(Cc2ccccc2)c(=O)[nH]c1=O. The maximum absolute atomic E-state index is 13.0. The van der Waals surface area contributed by atoms with Gasteiger partial charge in [0.05, 0.1) is 6.54 Å². The Morgan fingerprint density at radius 3 is 2.57 bits per heavy atom. The normalized spacial score (nSPS) is 11.3. The van der Waals surface area contributed by atoms with E-state index in [2.05, 4.69) is 4.98 Å². The second kappa shape index (κ2) is 9.41. The average Bonchev–Trinajstić information content (AvgIpc) is 3.22. The monoisotopic (exact) mass is 424 g/mol. The summed E-state index contributed by atoms with van der Waals surface area (Å²) >= 11 is 1.50. The van der Waals surface area contributed by atoms with Gasteiger partial charge in [-0.15, -0.1) is 11.3 Å². The van der Waals surface area contributed by atoms with E-state index in [9.17, 15) is 14.4 Å². The van der Waals surface area contributed by atoms with Crippen molar-refractivity contribution in [2.45, 2.75) is 20.4 Å². The number of benzene rings is 1. The summed E-state index contributed by atoms with van der Waals surface area (Å²) < 4.78 is 1.27. The quantitative estimate of drug-likeness (QED) is 0.570. The first-order valence-electron chi connectivity index (χ1n) is 9.56. The van der Waals surface area contributed by atoms with Crippen LogP contribution >= 0.6 is 11.3 Å². The first kappa shape index (κ1) is 21.3. The van der Waals surface area contributed by atoms with E-state index in [-0.39, 0.29) is 36.4 Å². The molecule has 0 spiro atoms. The van der Waals surface area contributed by atoms with Gasteiger partial charge in [-0.1, -0.05) is 50.2 Å². The molecule has 2 heterocycles. The van der Waals surface area contributed by atoms with Crippen LogP contribution in [0.25, 0.3) is 6.08 Å². The van der Waals surface area contributed by atoms with Crippen LogP contribution in [0.1, 0.15) is 24.3 Å². The lowest BCUT2D eigenvalue weighted by Gasteiger charge is -2.25. The molecule has 2 aromatic heterocycles. The van der Waals surface area contributed by atoms with Crippen molar-refractivity contribution in [2.24, 2.45) is 5.92 Å². The molecule has 7 nitrogen and oxygen atoms in total. The number of anilines is 2. The zero-order valence-electron chi connectivity index (χ0n) is 16.9. The number of hydrogen-bond acceptors (Lipinski definition) is 5. The van der Waals surface area contributed by atoms with E-state index in [1.54, 1.807) is 6.08 Å². The summed E-state index contributed by atoms with van der Waals surface area (Å²) in [6, 6.07) is 13.1. The van der Waals surface area contributed by atoms with E-state index in [1.807, 2.05) is 61.7 Å². The predicted octanol–water partition coefficient (Wildman–Crippen LogP) is 2.93. The first-order valence-corrected chi connectivity index (χ1v) is 10.4. The van der Waals surface area contributed by atoms with Crippen molar-refractivity contribution in [3.05, 3.63) is 85.2 Å². The van der Waals surface area contributed by atoms with Gasteiger partial charge in [0.25, 0.3) is 11.5 Å². The zero-order chi connectivity index (χ0) is 21.7. The highest BCUT2D eigenvalue weighted by Crippen LogP contribution is 2.20. The van der Waals surface area contributed by atoms with Gasteiger partial charge in [0.2, 0.25) is 0 Å². The molecule has 156 valence electrons. The summed E-state index contributed by atoms with van der Waals surface area (Å²) in [7, 11) is 0. The summed E-state index contributed by atoms with van der Waals surface area (Å²) in [6.07, 6.45) is 3.12. The summed E-state index contributed by atoms with van der Waals surface area (Å²) in [6.45, 7) is 4.34. The molecule has 30 heavy (non-hydrogen) atoms. The van der Waals surface area contributed by atoms with E-state index in [1.165, 1.54) is 26.9 Å². The highest BCUT2D eigenvalue weighted by Gasteiger charge is 2.23. The fraction of sp³-hybridized carbons (Fsp3) is 0.227. The number of H-pyrrole nitrogens is 1. The maximum atomic E-state index is 13.0. The highest BCUT2D eigenvalue weighted by atomic mass is 32.1. The van der Waals surface area contributed by atoms with E-state index < -0.39 is 11.2 Å². The molecule has 0 saturated heterocycles. The Morgan fingerprint density at radius 1 is 1.20 bits per heavy atom. The van der Waals surface area contributed by atoms with Gasteiger partial charge in [-0.3, -0.25) is 19.1 Å². The van der Waals surface area contributed by atoms with Crippen molar-refractivity contribution < 1.29 is 4.79 Å². The molecule has 0 radical (unpaired) electrons. The molecular formula is C22H24N4O3S. The number of aromatic amines is 1. The van der Waals surface area contributed by atoms with Crippen LogP contribution in [0.3, 0.4) is 0 Å². The number of nitrogens with one attached hydrogen (secondary N) is 1. The molecule has 0 saturated carbocycles. The molecule has 0 unspecified atom stereocenters.